The molecule has 1 atom stereocenters. The molecule has 0 spiro atoms. The summed E-state index contributed by atoms with van der Waals surface area (Å²) in [5, 5.41) is 9.93. The standard InChI is InChI=1S/C14H17N3O2/c1-4-9(2)17(3)14-15-8-10-6-5-7-11(13(18)19)12(10)16-14/h5-9H,4H2,1-3H3,(H,18,19). The average molecular weight is 259 g/mol. The highest BCUT2D eigenvalue weighted by molar-refractivity contribution is 6.01. The molecule has 0 saturated carbocycles. The van der Waals surface area contributed by atoms with Crippen LogP contribution in [0.15, 0.2) is 24.4 Å². The molecule has 1 unspecified atom stereocenters. The van der Waals surface area contributed by atoms with Crippen LogP contribution in [0.3, 0.4) is 0 Å². The first-order valence-corrected chi connectivity index (χ1v) is 6.26. The lowest BCUT2D eigenvalue weighted by atomic mass is 10.1. The highest BCUT2D eigenvalue weighted by Gasteiger charge is 2.14. The second-order valence-corrected chi connectivity index (χ2v) is 4.59. The summed E-state index contributed by atoms with van der Waals surface area (Å²) in [4.78, 5) is 21.9. The van der Waals surface area contributed by atoms with Gasteiger partial charge in [0, 0.05) is 24.7 Å². The van der Waals surface area contributed by atoms with Crippen LogP contribution in [0, 0.1) is 0 Å². The number of carboxylic acid groups (broad SMARTS) is 1. The summed E-state index contributed by atoms with van der Waals surface area (Å²) in [7, 11) is 1.92. The number of anilines is 1. The smallest absolute Gasteiger partial charge is 0.337 e. The molecule has 100 valence electrons. The van der Waals surface area contributed by atoms with Crippen molar-refractivity contribution >= 4 is 22.8 Å². The molecule has 2 aromatic rings. The molecule has 0 amide bonds. The number of fused-ring (bicyclic) bond motifs is 1. The predicted molar refractivity (Wildman–Crippen MR) is 74.7 cm³/mol. The normalized spacial score (nSPS) is 12.4. The van der Waals surface area contributed by atoms with Gasteiger partial charge in [-0.05, 0) is 19.4 Å². The van der Waals surface area contributed by atoms with Crippen molar-refractivity contribution in [2.45, 2.75) is 26.3 Å². The van der Waals surface area contributed by atoms with E-state index < -0.39 is 5.97 Å². The maximum atomic E-state index is 11.2. The molecule has 0 aliphatic heterocycles. The first-order chi connectivity index (χ1) is 9.04. The van der Waals surface area contributed by atoms with E-state index >= 15 is 0 Å². The molecule has 1 heterocycles. The maximum Gasteiger partial charge on any atom is 0.337 e. The summed E-state index contributed by atoms with van der Waals surface area (Å²) in [5.41, 5.74) is 0.689. The zero-order valence-electron chi connectivity index (χ0n) is 11.3. The van der Waals surface area contributed by atoms with Gasteiger partial charge in [-0.25, -0.2) is 14.8 Å². The predicted octanol–water partition coefficient (Wildman–Crippen LogP) is 2.56. The van der Waals surface area contributed by atoms with E-state index in [9.17, 15) is 9.90 Å². The Morgan fingerprint density at radius 2 is 2.21 bits per heavy atom. The Labute approximate surface area is 111 Å². The second kappa shape index (κ2) is 5.22. The third kappa shape index (κ3) is 2.50. The van der Waals surface area contributed by atoms with Gasteiger partial charge < -0.3 is 10.0 Å². The summed E-state index contributed by atoms with van der Waals surface area (Å²) >= 11 is 0. The van der Waals surface area contributed by atoms with Crippen LogP contribution in [-0.2, 0) is 0 Å². The van der Waals surface area contributed by atoms with Crippen LogP contribution in [0.25, 0.3) is 10.9 Å². The Morgan fingerprint density at radius 3 is 2.84 bits per heavy atom. The summed E-state index contributed by atoms with van der Waals surface area (Å²) in [6.45, 7) is 4.17. The van der Waals surface area contributed by atoms with E-state index in [2.05, 4.69) is 23.8 Å². The first kappa shape index (κ1) is 13.3. The maximum absolute atomic E-state index is 11.2. The minimum Gasteiger partial charge on any atom is -0.478 e. The third-order valence-corrected chi connectivity index (χ3v) is 3.40. The zero-order chi connectivity index (χ0) is 14.0. The van der Waals surface area contributed by atoms with Crippen molar-refractivity contribution in [3.8, 4) is 0 Å². The number of nitrogens with zero attached hydrogens (tertiary/aromatic N) is 3. The molecule has 5 heteroatoms. The van der Waals surface area contributed by atoms with E-state index in [0.717, 1.165) is 11.8 Å². The second-order valence-electron chi connectivity index (χ2n) is 4.59. The lowest BCUT2D eigenvalue weighted by molar-refractivity contribution is 0.0699. The average Bonchev–Trinajstić information content (AvgIpc) is 2.44. The SMILES string of the molecule is CCC(C)N(C)c1ncc2cccc(C(=O)O)c2n1. The Bertz CT molecular complexity index is 613. The highest BCUT2D eigenvalue weighted by atomic mass is 16.4. The van der Waals surface area contributed by atoms with Crippen LogP contribution in [0.4, 0.5) is 5.95 Å². The Hall–Kier alpha value is -2.17. The van der Waals surface area contributed by atoms with Gasteiger partial charge in [0.15, 0.2) is 0 Å². The quantitative estimate of drug-likeness (QED) is 0.914. The molecule has 0 fully saturated rings. The van der Waals surface area contributed by atoms with Gasteiger partial charge in [-0.3, -0.25) is 0 Å². The van der Waals surface area contributed by atoms with E-state index in [4.69, 9.17) is 0 Å². The number of aromatic carboxylic acids is 1. The molecule has 0 radical (unpaired) electrons. The minimum absolute atomic E-state index is 0.207. The van der Waals surface area contributed by atoms with E-state index in [-0.39, 0.29) is 5.56 Å². The van der Waals surface area contributed by atoms with Gasteiger partial charge in [0.2, 0.25) is 5.95 Å². The minimum atomic E-state index is -0.971. The van der Waals surface area contributed by atoms with Crippen LogP contribution in [0.2, 0.25) is 0 Å². The summed E-state index contributed by atoms with van der Waals surface area (Å²) in [6, 6.07) is 5.38. The topological polar surface area (TPSA) is 66.3 Å². The number of aromatic nitrogens is 2. The van der Waals surface area contributed by atoms with Gasteiger partial charge in [0.05, 0.1) is 11.1 Å². The molecule has 19 heavy (non-hydrogen) atoms. The summed E-state index contributed by atoms with van der Waals surface area (Å²) < 4.78 is 0. The highest BCUT2D eigenvalue weighted by Crippen LogP contribution is 2.20. The molecule has 0 saturated heterocycles. The zero-order valence-corrected chi connectivity index (χ0v) is 11.3. The fourth-order valence-electron chi connectivity index (χ4n) is 1.86. The molecule has 0 aliphatic rings. The molecule has 1 N–H and O–H groups in total. The molecule has 1 aromatic carbocycles. The number of hydrogen-bond donors (Lipinski definition) is 1. The number of carbonyl (C=O) groups is 1. The van der Waals surface area contributed by atoms with Gasteiger partial charge in [0.1, 0.15) is 0 Å². The number of carboxylic acids is 1. The van der Waals surface area contributed by atoms with Crippen molar-refractivity contribution < 1.29 is 9.90 Å². The third-order valence-electron chi connectivity index (χ3n) is 3.40. The Morgan fingerprint density at radius 1 is 1.47 bits per heavy atom. The summed E-state index contributed by atoms with van der Waals surface area (Å²) in [5.74, 6) is -0.419. The lowest BCUT2D eigenvalue weighted by Gasteiger charge is -2.23. The van der Waals surface area contributed by atoms with Crippen molar-refractivity contribution in [3.63, 3.8) is 0 Å². The van der Waals surface area contributed by atoms with Gasteiger partial charge >= 0.3 is 5.97 Å². The van der Waals surface area contributed by atoms with E-state index in [1.54, 1.807) is 18.3 Å². The fraction of sp³-hybridized carbons (Fsp3) is 0.357. The van der Waals surface area contributed by atoms with Gasteiger partial charge in [-0.15, -0.1) is 0 Å². The van der Waals surface area contributed by atoms with Crippen molar-refractivity contribution in [2.75, 3.05) is 11.9 Å². The summed E-state index contributed by atoms with van der Waals surface area (Å²) in [6.07, 6.45) is 2.64. The number of benzene rings is 1. The first-order valence-electron chi connectivity index (χ1n) is 6.26. The van der Waals surface area contributed by atoms with Crippen LogP contribution in [0.1, 0.15) is 30.6 Å². The molecular weight excluding hydrogens is 242 g/mol. The van der Waals surface area contributed by atoms with Crippen LogP contribution < -0.4 is 4.90 Å². The van der Waals surface area contributed by atoms with Crippen molar-refractivity contribution in [1.29, 1.82) is 0 Å². The van der Waals surface area contributed by atoms with Crippen LogP contribution >= 0.6 is 0 Å². The molecule has 2 rings (SSSR count). The Kier molecular flexibility index (Phi) is 3.64. The van der Waals surface area contributed by atoms with E-state index in [0.29, 0.717) is 17.5 Å². The fourth-order valence-corrected chi connectivity index (χ4v) is 1.86. The largest absolute Gasteiger partial charge is 0.478 e. The van der Waals surface area contributed by atoms with Gasteiger partial charge in [-0.1, -0.05) is 19.1 Å². The molecule has 0 aliphatic carbocycles. The number of para-hydroxylation sites is 1. The monoisotopic (exact) mass is 259 g/mol. The number of hydrogen-bond acceptors (Lipinski definition) is 4. The van der Waals surface area contributed by atoms with Crippen LogP contribution in [0.5, 0.6) is 0 Å². The molecule has 5 nitrogen and oxygen atoms in total. The Balaban J connectivity index is 2.55. The van der Waals surface area contributed by atoms with Gasteiger partial charge in [0.25, 0.3) is 0 Å². The van der Waals surface area contributed by atoms with Crippen molar-refractivity contribution in [3.05, 3.63) is 30.0 Å². The lowest BCUT2D eigenvalue weighted by Crippen LogP contribution is -2.29. The van der Waals surface area contributed by atoms with Crippen LogP contribution in [-0.4, -0.2) is 34.1 Å². The molecule has 1 aromatic heterocycles. The van der Waals surface area contributed by atoms with E-state index in [1.807, 2.05) is 18.0 Å². The number of rotatable bonds is 4. The molecular formula is C14H17N3O2. The van der Waals surface area contributed by atoms with Crippen molar-refractivity contribution in [2.24, 2.45) is 0 Å². The molecule has 0 bridgehead atoms. The van der Waals surface area contributed by atoms with E-state index in [1.165, 1.54) is 0 Å². The van der Waals surface area contributed by atoms with Crippen molar-refractivity contribution in [1.82, 2.24) is 9.97 Å². The van der Waals surface area contributed by atoms with Gasteiger partial charge in [-0.2, -0.15) is 0 Å².